The summed E-state index contributed by atoms with van der Waals surface area (Å²) in [5, 5.41) is 22.5. The first-order valence-corrected chi connectivity index (χ1v) is 5.85. The van der Waals surface area contributed by atoms with Gasteiger partial charge in [0.1, 0.15) is 11.4 Å². The Morgan fingerprint density at radius 2 is 2.26 bits per heavy atom. The number of nitrogens with zero attached hydrogens (tertiary/aromatic N) is 1. The van der Waals surface area contributed by atoms with E-state index >= 15 is 0 Å². The number of hydrogen-bond donors (Lipinski definition) is 2. The van der Waals surface area contributed by atoms with E-state index < -0.39 is 16.5 Å². The third kappa shape index (κ3) is 2.94. The zero-order chi connectivity index (χ0) is 14.0. The van der Waals surface area contributed by atoms with Crippen LogP contribution in [-0.4, -0.2) is 34.7 Å². The minimum Gasteiger partial charge on any atom is -0.482 e. The lowest BCUT2D eigenvalue weighted by Gasteiger charge is -2.41. The van der Waals surface area contributed by atoms with Crippen molar-refractivity contribution >= 4 is 23.3 Å². The van der Waals surface area contributed by atoms with Crippen molar-refractivity contribution in [2.24, 2.45) is 0 Å². The van der Waals surface area contributed by atoms with Gasteiger partial charge in [-0.3, -0.25) is 14.9 Å². The molecule has 0 amide bonds. The smallest absolute Gasteiger partial charge is 0.307 e. The molecule has 0 aliphatic carbocycles. The number of rotatable bonds is 5. The third-order valence-corrected chi connectivity index (χ3v) is 3.12. The topological polar surface area (TPSA) is 102 Å². The van der Waals surface area contributed by atoms with Gasteiger partial charge in [0.05, 0.1) is 16.4 Å². The Kier molecular flexibility index (Phi) is 3.59. The molecular formula is C11H11ClN2O5. The molecule has 0 bridgehead atoms. The average Bonchev–Trinajstić information content (AvgIpc) is 2.27. The van der Waals surface area contributed by atoms with Crippen LogP contribution in [0.5, 0.6) is 5.75 Å². The zero-order valence-electron chi connectivity index (χ0n) is 9.76. The van der Waals surface area contributed by atoms with Gasteiger partial charge in [0.25, 0.3) is 5.69 Å². The quantitative estimate of drug-likeness (QED) is 0.627. The molecule has 0 spiro atoms. The van der Waals surface area contributed by atoms with Crippen molar-refractivity contribution in [1.29, 1.82) is 0 Å². The minimum atomic E-state index is -0.973. The highest BCUT2D eigenvalue weighted by Gasteiger charge is 2.42. The Morgan fingerprint density at radius 3 is 2.68 bits per heavy atom. The van der Waals surface area contributed by atoms with Gasteiger partial charge in [0, 0.05) is 25.2 Å². The van der Waals surface area contributed by atoms with Crippen molar-refractivity contribution in [1.82, 2.24) is 5.32 Å². The summed E-state index contributed by atoms with van der Waals surface area (Å²) in [5.41, 5.74) is -0.984. The van der Waals surface area contributed by atoms with Gasteiger partial charge >= 0.3 is 5.97 Å². The van der Waals surface area contributed by atoms with Crippen molar-refractivity contribution in [2.75, 3.05) is 13.1 Å². The van der Waals surface area contributed by atoms with E-state index in [1.807, 2.05) is 0 Å². The Labute approximate surface area is 113 Å². The SMILES string of the molecule is O=C(O)CC1(Oc2ccc([N+](=O)[O-])cc2Cl)CNC1. The maximum Gasteiger partial charge on any atom is 0.307 e. The highest BCUT2D eigenvalue weighted by molar-refractivity contribution is 6.32. The van der Waals surface area contributed by atoms with Crippen LogP contribution in [0.3, 0.4) is 0 Å². The second-order valence-corrected chi connectivity index (χ2v) is 4.74. The Balaban J connectivity index is 2.18. The summed E-state index contributed by atoms with van der Waals surface area (Å²) in [6.45, 7) is 0.791. The number of nitro benzene ring substituents is 1. The number of non-ortho nitro benzene ring substituents is 1. The summed E-state index contributed by atoms with van der Waals surface area (Å²) in [7, 11) is 0. The van der Waals surface area contributed by atoms with Gasteiger partial charge in [0.15, 0.2) is 0 Å². The molecule has 1 aromatic rings. The second kappa shape index (κ2) is 5.02. The molecule has 8 heteroatoms. The van der Waals surface area contributed by atoms with E-state index in [9.17, 15) is 14.9 Å². The van der Waals surface area contributed by atoms with Gasteiger partial charge < -0.3 is 15.2 Å². The molecule has 0 radical (unpaired) electrons. The van der Waals surface area contributed by atoms with E-state index in [1.165, 1.54) is 18.2 Å². The number of hydrogen-bond acceptors (Lipinski definition) is 5. The molecule has 102 valence electrons. The predicted octanol–water partition coefficient (Wildman–Crippen LogP) is 1.44. The summed E-state index contributed by atoms with van der Waals surface area (Å²) in [6.07, 6.45) is -0.159. The first kappa shape index (κ1) is 13.6. The van der Waals surface area contributed by atoms with Gasteiger partial charge in [-0.05, 0) is 6.07 Å². The highest BCUT2D eigenvalue weighted by atomic mass is 35.5. The molecule has 1 fully saturated rings. The lowest BCUT2D eigenvalue weighted by atomic mass is 9.92. The van der Waals surface area contributed by atoms with Crippen LogP contribution in [0.4, 0.5) is 5.69 Å². The first-order valence-electron chi connectivity index (χ1n) is 5.47. The molecule has 0 aromatic heterocycles. The standard InChI is InChI=1S/C11H11ClN2O5/c12-8-3-7(14(17)18)1-2-9(8)19-11(4-10(15)16)5-13-6-11/h1-3,13H,4-6H2,(H,15,16). The molecule has 1 saturated heterocycles. The number of carboxylic acid groups (broad SMARTS) is 1. The molecule has 2 N–H and O–H groups in total. The fourth-order valence-corrected chi connectivity index (χ4v) is 2.05. The highest BCUT2D eigenvalue weighted by Crippen LogP contribution is 2.33. The molecule has 1 aromatic carbocycles. The Bertz CT molecular complexity index is 530. The summed E-state index contributed by atoms with van der Waals surface area (Å²) in [4.78, 5) is 20.8. The van der Waals surface area contributed by atoms with Crippen LogP contribution in [0, 0.1) is 10.1 Å². The van der Waals surface area contributed by atoms with Crippen molar-refractivity contribution in [3.63, 3.8) is 0 Å². The maximum atomic E-state index is 10.8. The molecule has 19 heavy (non-hydrogen) atoms. The lowest BCUT2D eigenvalue weighted by Crippen LogP contribution is -2.64. The largest absolute Gasteiger partial charge is 0.482 e. The summed E-state index contributed by atoms with van der Waals surface area (Å²) < 4.78 is 5.62. The van der Waals surface area contributed by atoms with E-state index in [4.69, 9.17) is 21.4 Å². The maximum absolute atomic E-state index is 10.8. The number of nitrogens with one attached hydrogen (secondary N) is 1. The van der Waals surface area contributed by atoms with Crippen LogP contribution in [0.2, 0.25) is 5.02 Å². The summed E-state index contributed by atoms with van der Waals surface area (Å²) in [5.74, 6) is -0.727. The van der Waals surface area contributed by atoms with Crippen LogP contribution in [0.15, 0.2) is 18.2 Å². The van der Waals surface area contributed by atoms with Gasteiger partial charge in [-0.2, -0.15) is 0 Å². The number of carbonyl (C=O) groups is 1. The van der Waals surface area contributed by atoms with E-state index in [2.05, 4.69) is 5.32 Å². The van der Waals surface area contributed by atoms with Crippen LogP contribution >= 0.6 is 11.6 Å². The monoisotopic (exact) mass is 286 g/mol. The Morgan fingerprint density at radius 1 is 1.58 bits per heavy atom. The van der Waals surface area contributed by atoms with Gasteiger partial charge in [0.2, 0.25) is 0 Å². The van der Waals surface area contributed by atoms with Crippen LogP contribution in [0.25, 0.3) is 0 Å². The average molecular weight is 287 g/mol. The number of halogens is 1. The van der Waals surface area contributed by atoms with Crippen molar-refractivity contribution in [3.8, 4) is 5.75 Å². The molecule has 2 rings (SSSR count). The number of benzene rings is 1. The first-order chi connectivity index (χ1) is 8.92. The molecule has 0 unspecified atom stereocenters. The van der Waals surface area contributed by atoms with Gasteiger partial charge in [-0.15, -0.1) is 0 Å². The summed E-state index contributed by atoms with van der Waals surface area (Å²) in [6, 6.07) is 3.82. The molecule has 7 nitrogen and oxygen atoms in total. The second-order valence-electron chi connectivity index (χ2n) is 4.33. The zero-order valence-corrected chi connectivity index (χ0v) is 10.5. The third-order valence-electron chi connectivity index (χ3n) is 2.82. The summed E-state index contributed by atoms with van der Waals surface area (Å²) >= 11 is 5.90. The Hall–Kier alpha value is -1.86. The van der Waals surface area contributed by atoms with Crippen molar-refractivity contribution < 1.29 is 19.6 Å². The number of ether oxygens (including phenoxy) is 1. The fourth-order valence-electron chi connectivity index (χ4n) is 1.83. The molecular weight excluding hydrogens is 276 g/mol. The van der Waals surface area contributed by atoms with Crippen LogP contribution < -0.4 is 10.1 Å². The van der Waals surface area contributed by atoms with Crippen LogP contribution in [-0.2, 0) is 4.79 Å². The lowest BCUT2D eigenvalue weighted by molar-refractivity contribution is -0.384. The minimum absolute atomic E-state index is 0.0888. The van der Waals surface area contributed by atoms with Gasteiger partial charge in [-0.25, -0.2) is 0 Å². The molecule has 1 heterocycles. The van der Waals surface area contributed by atoms with Crippen molar-refractivity contribution in [2.45, 2.75) is 12.0 Å². The van der Waals surface area contributed by atoms with E-state index in [0.29, 0.717) is 13.1 Å². The number of aliphatic carboxylic acids is 1. The van der Waals surface area contributed by atoms with E-state index in [-0.39, 0.29) is 22.9 Å². The molecule has 1 aliphatic heterocycles. The van der Waals surface area contributed by atoms with E-state index in [1.54, 1.807) is 0 Å². The molecule has 0 atom stereocenters. The molecule has 0 saturated carbocycles. The van der Waals surface area contributed by atoms with Crippen molar-refractivity contribution in [3.05, 3.63) is 33.3 Å². The fraction of sp³-hybridized carbons (Fsp3) is 0.364. The number of carboxylic acids is 1. The molecule has 1 aliphatic rings. The number of nitro groups is 1. The van der Waals surface area contributed by atoms with Gasteiger partial charge in [-0.1, -0.05) is 11.6 Å². The van der Waals surface area contributed by atoms with Crippen LogP contribution in [0.1, 0.15) is 6.42 Å². The predicted molar refractivity (Wildman–Crippen MR) is 66.6 cm³/mol. The van der Waals surface area contributed by atoms with E-state index in [0.717, 1.165) is 0 Å². The normalized spacial score (nSPS) is 16.5.